The van der Waals surface area contributed by atoms with Gasteiger partial charge in [0.05, 0.1) is 11.3 Å². The number of anilines is 1. The van der Waals surface area contributed by atoms with Crippen LogP contribution < -0.4 is 10.6 Å². The van der Waals surface area contributed by atoms with Gasteiger partial charge in [0.25, 0.3) is 0 Å². The molecule has 0 aromatic heterocycles. The second kappa shape index (κ2) is 7.60. The third-order valence-electron chi connectivity index (χ3n) is 3.04. The van der Waals surface area contributed by atoms with E-state index in [1.54, 1.807) is 24.3 Å². The van der Waals surface area contributed by atoms with E-state index in [4.69, 9.17) is 5.26 Å². The van der Waals surface area contributed by atoms with Crippen LogP contribution >= 0.6 is 0 Å². The Balaban J connectivity index is 1.85. The number of para-hydroxylation sites is 1. The zero-order chi connectivity index (χ0) is 15.8. The fourth-order valence-electron chi connectivity index (χ4n) is 1.91. The zero-order valence-electron chi connectivity index (χ0n) is 11.9. The summed E-state index contributed by atoms with van der Waals surface area (Å²) in [5.74, 6) is -1.50. The van der Waals surface area contributed by atoms with Crippen molar-refractivity contribution in [3.8, 4) is 6.07 Å². The zero-order valence-corrected chi connectivity index (χ0v) is 11.9. The molecular formula is C17H15N3O2. The predicted molar refractivity (Wildman–Crippen MR) is 82.9 cm³/mol. The molecule has 0 saturated carbocycles. The van der Waals surface area contributed by atoms with E-state index in [-0.39, 0.29) is 0 Å². The molecule has 22 heavy (non-hydrogen) atoms. The summed E-state index contributed by atoms with van der Waals surface area (Å²) < 4.78 is 0. The first-order chi connectivity index (χ1) is 10.7. The van der Waals surface area contributed by atoms with E-state index in [0.717, 1.165) is 5.56 Å². The Labute approximate surface area is 128 Å². The van der Waals surface area contributed by atoms with Crippen molar-refractivity contribution in [1.82, 2.24) is 5.32 Å². The second-order valence-corrected chi connectivity index (χ2v) is 4.60. The molecule has 0 spiro atoms. The summed E-state index contributed by atoms with van der Waals surface area (Å²) >= 11 is 0. The minimum atomic E-state index is -0.782. The molecule has 2 N–H and O–H groups in total. The minimum absolute atomic E-state index is 0.313. The molecule has 0 fully saturated rings. The van der Waals surface area contributed by atoms with Crippen LogP contribution in [0, 0.1) is 11.3 Å². The van der Waals surface area contributed by atoms with Crippen molar-refractivity contribution in [3.63, 3.8) is 0 Å². The van der Waals surface area contributed by atoms with E-state index in [1.807, 2.05) is 36.4 Å². The maximum Gasteiger partial charge on any atom is 0.313 e. The monoisotopic (exact) mass is 293 g/mol. The van der Waals surface area contributed by atoms with Crippen LogP contribution in [0.3, 0.4) is 0 Å². The van der Waals surface area contributed by atoms with Crippen LogP contribution in [0.5, 0.6) is 0 Å². The molecule has 2 rings (SSSR count). The van der Waals surface area contributed by atoms with Gasteiger partial charge in [0.15, 0.2) is 0 Å². The first kappa shape index (κ1) is 15.3. The number of nitrogens with zero attached hydrogens (tertiary/aromatic N) is 1. The Morgan fingerprint density at radius 3 is 2.36 bits per heavy atom. The van der Waals surface area contributed by atoms with Crippen molar-refractivity contribution in [3.05, 3.63) is 65.7 Å². The average molecular weight is 293 g/mol. The lowest BCUT2D eigenvalue weighted by atomic mass is 10.1. The number of carbonyl (C=O) groups is 2. The van der Waals surface area contributed by atoms with Gasteiger partial charge in [-0.15, -0.1) is 0 Å². The van der Waals surface area contributed by atoms with Crippen LogP contribution in [0.25, 0.3) is 0 Å². The molecule has 0 heterocycles. The van der Waals surface area contributed by atoms with Crippen LogP contribution in [0.1, 0.15) is 11.1 Å². The molecular weight excluding hydrogens is 278 g/mol. The summed E-state index contributed by atoms with van der Waals surface area (Å²) in [6.45, 7) is 0.371. The van der Waals surface area contributed by atoms with E-state index in [1.165, 1.54) is 0 Å². The maximum atomic E-state index is 11.8. The molecule has 0 bridgehead atoms. The van der Waals surface area contributed by atoms with Gasteiger partial charge in [0.2, 0.25) is 0 Å². The molecule has 5 nitrogen and oxygen atoms in total. The van der Waals surface area contributed by atoms with E-state index in [0.29, 0.717) is 24.2 Å². The Hall–Kier alpha value is -3.13. The number of nitrogens with one attached hydrogen (secondary N) is 2. The average Bonchev–Trinajstić information content (AvgIpc) is 2.56. The number of nitriles is 1. The lowest BCUT2D eigenvalue weighted by Crippen LogP contribution is -2.36. The van der Waals surface area contributed by atoms with Gasteiger partial charge in [-0.2, -0.15) is 5.26 Å². The number of benzene rings is 2. The highest BCUT2D eigenvalue weighted by Crippen LogP contribution is 2.13. The van der Waals surface area contributed by atoms with Crippen LogP contribution in [-0.4, -0.2) is 18.4 Å². The molecule has 5 heteroatoms. The van der Waals surface area contributed by atoms with Crippen molar-refractivity contribution in [2.45, 2.75) is 6.42 Å². The molecule has 0 aliphatic rings. The molecule has 110 valence electrons. The van der Waals surface area contributed by atoms with Gasteiger partial charge in [-0.1, -0.05) is 42.5 Å². The molecule has 2 aromatic carbocycles. The van der Waals surface area contributed by atoms with Gasteiger partial charge in [-0.25, -0.2) is 0 Å². The first-order valence-corrected chi connectivity index (χ1v) is 6.83. The lowest BCUT2D eigenvalue weighted by molar-refractivity contribution is -0.136. The van der Waals surface area contributed by atoms with Crippen molar-refractivity contribution >= 4 is 17.5 Å². The highest BCUT2D eigenvalue weighted by atomic mass is 16.2. The predicted octanol–water partition coefficient (Wildman–Crippen LogP) is 1.86. The molecule has 2 aromatic rings. The van der Waals surface area contributed by atoms with Crippen molar-refractivity contribution in [1.29, 1.82) is 5.26 Å². The molecule has 0 atom stereocenters. The van der Waals surface area contributed by atoms with Crippen molar-refractivity contribution < 1.29 is 9.59 Å². The molecule has 0 unspecified atom stereocenters. The highest BCUT2D eigenvalue weighted by Gasteiger charge is 2.14. The Morgan fingerprint density at radius 2 is 1.64 bits per heavy atom. The number of rotatable bonds is 4. The number of hydrogen-bond donors (Lipinski definition) is 2. The van der Waals surface area contributed by atoms with Crippen molar-refractivity contribution in [2.75, 3.05) is 11.9 Å². The molecule has 0 saturated heterocycles. The topological polar surface area (TPSA) is 82.0 Å². The summed E-state index contributed by atoms with van der Waals surface area (Å²) in [7, 11) is 0. The number of amides is 2. The Kier molecular flexibility index (Phi) is 5.27. The van der Waals surface area contributed by atoms with Gasteiger partial charge >= 0.3 is 11.8 Å². The SMILES string of the molecule is N#Cc1ccccc1NC(=O)C(=O)NCCc1ccccc1. The van der Waals surface area contributed by atoms with Crippen LogP contribution in [0.2, 0.25) is 0 Å². The number of carbonyl (C=O) groups excluding carboxylic acids is 2. The van der Waals surface area contributed by atoms with Gasteiger partial charge in [0, 0.05) is 6.54 Å². The standard InChI is InChI=1S/C17H15N3O2/c18-12-14-8-4-5-9-15(14)20-17(22)16(21)19-11-10-13-6-2-1-3-7-13/h1-9H,10-11H2,(H,19,21)(H,20,22). The fourth-order valence-corrected chi connectivity index (χ4v) is 1.91. The largest absolute Gasteiger partial charge is 0.347 e. The summed E-state index contributed by atoms with van der Waals surface area (Å²) in [4.78, 5) is 23.5. The van der Waals surface area contributed by atoms with E-state index in [2.05, 4.69) is 10.6 Å². The van der Waals surface area contributed by atoms with Crippen LogP contribution in [0.4, 0.5) is 5.69 Å². The molecule has 0 aliphatic carbocycles. The van der Waals surface area contributed by atoms with Gasteiger partial charge < -0.3 is 10.6 Å². The quantitative estimate of drug-likeness (QED) is 0.844. The smallest absolute Gasteiger partial charge is 0.313 e. The maximum absolute atomic E-state index is 11.8. The third-order valence-corrected chi connectivity index (χ3v) is 3.04. The Morgan fingerprint density at radius 1 is 0.955 bits per heavy atom. The molecule has 2 amide bonds. The van der Waals surface area contributed by atoms with Gasteiger partial charge in [-0.05, 0) is 24.1 Å². The fraction of sp³-hybridized carbons (Fsp3) is 0.118. The third kappa shape index (κ3) is 4.18. The summed E-state index contributed by atoms with van der Waals surface area (Å²) in [6, 6.07) is 18.1. The minimum Gasteiger partial charge on any atom is -0.347 e. The van der Waals surface area contributed by atoms with Crippen molar-refractivity contribution in [2.24, 2.45) is 0 Å². The second-order valence-electron chi connectivity index (χ2n) is 4.60. The summed E-state index contributed by atoms with van der Waals surface area (Å²) in [5, 5.41) is 13.9. The van der Waals surface area contributed by atoms with Gasteiger partial charge in [-0.3, -0.25) is 9.59 Å². The van der Waals surface area contributed by atoms with Crippen LogP contribution in [-0.2, 0) is 16.0 Å². The number of hydrogen-bond acceptors (Lipinski definition) is 3. The summed E-state index contributed by atoms with van der Waals surface area (Å²) in [5.41, 5.74) is 1.72. The summed E-state index contributed by atoms with van der Waals surface area (Å²) in [6.07, 6.45) is 0.647. The lowest BCUT2D eigenvalue weighted by Gasteiger charge is -2.07. The Bertz CT molecular complexity index is 705. The highest BCUT2D eigenvalue weighted by molar-refractivity contribution is 6.39. The molecule has 0 radical (unpaired) electrons. The van der Waals surface area contributed by atoms with Gasteiger partial charge in [0.1, 0.15) is 6.07 Å². The van der Waals surface area contributed by atoms with E-state index >= 15 is 0 Å². The van der Waals surface area contributed by atoms with Crippen LogP contribution in [0.15, 0.2) is 54.6 Å². The van der Waals surface area contributed by atoms with E-state index < -0.39 is 11.8 Å². The van der Waals surface area contributed by atoms with E-state index in [9.17, 15) is 9.59 Å². The molecule has 0 aliphatic heterocycles. The normalized spacial score (nSPS) is 9.59. The first-order valence-electron chi connectivity index (χ1n) is 6.83.